The third-order valence-corrected chi connectivity index (χ3v) is 3.75. The minimum absolute atomic E-state index is 0. The maximum Gasteiger partial charge on any atom is 0.341 e. The van der Waals surface area contributed by atoms with Gasteiger partial charge < -0.3 is 29.3 Å². The zero-order valence-corrected chi connectivity index (χ0v) is 19.0. The predicted molar refractivity (Wildman–Crippen MR) is 118 cm³/mol. The van der Waals surface area contributed by atoms with Gasteiger partial charge in [0.25, 0.3) is 0 Å². The lowest BCUT2D eigenvalue weighted by Crippen LogP contribution is -2.30. The number of rotatable bonds is 7. The molecule has 2 rings (SSSR count). The Labute approximate surface area is 181 Å². The molecule has 0 spiro atoms. The molecule has 0 saturated carbocycles. The van der Waals surface area contributed by atoms with Crippen molar-refractivity contribution in [1.29, 1.82) is 0 Å². The van der Waals surface area contributed by atoms with E-state index in [1.54, 1.807) is 27.1 Å². The van der Waals surface area contributed by atoms with Gasteiger partial charge >= 0.3 is 5.97 Å². The van der Waals surface area contributed by atoms with Crippen molar-refractivity contribution in [2.24, 2.45) is 4.99 Å². The molecule has 0 aliphatic carbocycles. The summed E-state index contributed by atoms with van der Waals surface area (Å²) in [6.07, 6.45) is 0. The molecule has 154 valence electrons. The first-order valence-corrected chi connectivity index (χ1v) is 8.48. The standard InChI is InChI=1S/C19H25N3O5.HI/c1-6-26-16-8-7-13(9-17(16)24-4)22-19(20-3)21-11-14-10-15(12(2)27-14)18(23)25-5;/h7-10H,6,11H2,1-5H3,(H2,20,21,22);1H. The van der Waals surface area contributed by atoms with E-state index < -0.39 is 5.97 Å². The van der Waals surface area contributed by atoms with Crippen LogP contribution in [0.4, 0.5) is 5.69 Å². The number of furan rings is 1. The van der Waals surface area contributed by atoms with E-state index in [-0.39, 0.29) is 24.0 Å². The van der Waals surface area contributed by atoms with Crippen molar-refractivity contribution in [3.8, 4) is 11.5 Å². The van der Waals surface area contributed by atoms with Gasteiger partial charge in [0.2, 0.25) is 0 Å². The van der Waals surface area contributed by atoms with E-state index in [0.29, 0.717) is 47.7 Å². The number of carbonyl (C=O) groups is 1. The minimum Gasteiger partial charge on any atom is -0.493 e. The maximum absolute atomic E-state index is 11.7. The fraction of sp³-hybridized carbons (Fsp3) is 0.368. The van der Waals surface area contributed by atoms with Crippen LogP contribution in [-0.4, -0.2) is 39.8 Å². The van der Waals surface area contributed by atoms with Crippen molar-refractivity contribution in [2.75, 3.05) is 33.2 Å². The van der Waals surface area contributed by atoms with Crippen molar-refractivity contribution in [3.63, 3.8) is 0 Å². The van der Waals surface area contributed by atoms with E-state index in [4.69, 9.17) is 18.6 Å². The quantitative estimate of drug-likeness (QED) is 0.258. The molecule has 0 fully saturated rings. The fourth-order valence-corrected chi connectivity index (χ4v) is 2.45. The van der Waals surface area contributed by atoms with Crippen LogP contribution in [0.3, 0.4) is 0 Å². The van der Waals surface area contributed by atoms with Crippen molar-refractivity contribution >= 4 is 41.6 Å². The number of hydrogen-bond acceptors (Lipinski definition) is 6. The van der Waals surface area contributed by atoms with E-state index in [1.807, 2.05) is 25.1 Å². The average Bonchev–Trinajstić information content (AvgIpc) is 3.06. The lowest BCUT2D eigenvalue weighted by molar-refractivity contribution is 0.0599. The third kappa shape index (κ3) is 6.04. The molecule has 1 heterocycles. The highest BCUT2D eigenvalue weighted by molar-refractivity contribution is 14.0. The topological polar surface area (TPSA) is 94.3 Å². The molecule has 0 unspecified atom stereocenters. The van der Waals surface area contributed by atoms with Crippen LogP contribution < -0.4 is 20.1 Å². The van der Waals surface area contributed by atoms with Gasteiger partial charge in [0.05, 0.1) is 27.4 Å². The molecule has 0 amide bonds. The Balaban J connectivity index is 0.00000392. The van der Waals surface area contributed by atoms with Gasteiger partial charge in [-0.3, -0.25) is 4.99 Å². The van der Waals surface area contributed by atoms with Crippen molar-refractivity contribution < 1.29 is 23.4 Å². The average molecular weight is 503 g/mol. The Morgan fingerprint density at radius 1 is 1.21 bits per heavy atom. The molecule has 0 bridgehead atoms. The van der Waals surface area contributed by atoms with Gasteiger partial charge in [-0.05, 0) is 32.0 Å². The second-order valence-electron chi connectivity index (χ2n) is 5.52. The number of anilines is 1. The largest absolute Gasteiger partial charge is 0.493 e. The number of nitrogens with one attached hydrogen (secondary N) is 2. The normalized spacial score (nSPS) is 10.7. The smallest absolute Gasteiger partial charge is 0.341 e. The number of halogens is 1. The molecule has 1 aromatic carbocycles. The molecule has 0 aliphatic rings. The van der Waals surface area contributed by atoms with Gasteiger partial charge in [0, 0.05) is 18.8 Å². The maximum atomic E-state index is 11.7. The van der Waals surface area contributed by atoms with Gasteiger partial charge in [-0.25, -0.2) is 4.79 Å². The number of ether oxygens (including phenoxy) is 3. The van der Waals surface area contributed by atoms with Crippen LogP contribution in [0.5, 0.6) is 11.5 Å². The molecule has 0 saturated heterocycles. The van der Waals surface area contributed by atoms with Crippen LogP contribution in [0.1, 0.15) is 28.8 Å². The SMILES string of the molecule is CCOc1ccc(NC(=NC)NCc2cc(C(=O)OC)c(C)o2)cc1OC.I. The number of guanidine groups is 1. The first kappa shape index (κ1) is 23.6. The van der Waals surface area contributed by atoms with Crippen LogP contribution >= 0.6 is 24.0 Å². The van der Waals surface area contributed by atoms with Crippen LogP contribution in [0, 0.1) is 6.92 Å². The van der Waals surface area contributed by atoms with E-state index in [0.717, 1.165) is 5.69 Å². The number of hydrogen-bond donors (Lipinski definition) is 2. The van der Waals surface area contributed by atoms with E-state index in [2.05, 4.69) is 15.6 Å². The Bertz CT molecular complexity index is 820. The summed E-state index contributed by atoms with van der Waals surface area (Å²) in [7, 11) is 4.59. The number of benzene rings is 1. The van der Waals surface area contributed by atoms with Gasteiger partial charge in [-0.1, -0.05) is 0 Å². The Kier molecular flexibility index (Phi) is 9.63. The molecule has 2 N–H and O–H groups in total. The second-order valence-corrected chi connectivity index (χ2v) is 5.52. The highest BCUT2D eigenvalue weighted by Gasteiger charge is 2.15. The molecule has 9 heteroatoms. The Morgan fingerprint density at radius 3 is 2.57 bits per heavy atom. The highest BCUT2D eigenvalue weighted by atomic mass is 127. The first-order chi connectivity index (χ1) is 13.0. The molecule has 8 nitrogen and oxygen atoms in total. The summed E-state index contributed by atoms with van der Waals surface area (Å²) in [5.41, 5.74) is 1.20. The van der Waals surface area contributed by atoms with Crippen molar-refractivity contribution in [1.82, 2.24) is 5.32 Å². The number of esters is 1. The van der Waals surface area contributed by atoms with Gasteiger partial charge in [-0.2, -0.15) is 0 Å². The Hall–Kier alpha value is -2.43. The molecule has 0 radical (unpaired) electrons. The third-order valence-electron chi connectivity index (χ3n) is 3.75. The molecule has 28 heavy (non-hydrogen) atoms. The number of aliphatic imine (C=N–C) groups is 1. The summed E-state index contributed by atoms with van der Waals surface area (Å²) in [5.74, 6) is 2.52. The fourth-order valence-electron chi connectivity index (χ4n) is 2.45. The number of nitrogens with zero attached hydrogens (tertiary/aromatic N) is 1. The lowest BCUT2D eigenvalue weighted by Gasteiger charge is -2.14. The monoisotopic (exact) mass is 503 g/mol. The summed E-state index contributed by atoms with van der Waals surface area (Å²) < 4.78 is 21.2. The summed E-state index contributed by atoms with van der Waals surface area (Å²) in [5, 5.41) is 6.30. The summed E-state index contributed by atoms with van der Waals surface area (Å²) in [6.45, 7) is 4.54. The van der Waals surface area contributed by atoms with E-state index in [9.17, 15) is 4.79 Å². The zero-order valence-electron chi connectivity index (χ0n) is 16.6. The van der Waals surface area contributed by atoms with Gasteiger partial charge in [0.15, 0.2) is 17.5 Å². The highest BCUT2D eigenvalue weighted by Crippen LogP contribution is 2.30. The van der Waals surface area contributed by atoms with Crippen LogP contribution in [0.15, 0.2) is 33.7 Å². The molecular weight excluding hydrogens is 477 g/mol. The van der Waals surface area contributed by atoms with Crippen LogP contribution in [-0.2, 0) is 11.3 Å². The number of carbonyl (C=O) groups excluding carboxylic acids is 1. The van der Waals surface area contributed by atoms with Crippen LogP contribution in [0.25, 0.3) is 0 Å². The summed E-state index contributed by atoms with van der Waals surface area (Å²) in [4.78, 5) is 15.8. The lowest BCUT2D eigenvalue weighted by atomic mass is 10.2. The molecule has 1 aromatic heterocycles. The molecule has 2 aromatic rings. The van der Waals surface area contributed by atoms with E-state index in [1.165, 1.54) is 7.11 Å². The number of aryl methyl sites for hydroxylation is 1. The zero-order chi connectivity index (χ0) is 19.8. The van der Waals surface area contributed by atoms with E-state index >= 15 is 0 Å². The second kappa shape index (κ2) is 11.4. The summed E-state index contributed by atoms with van der Waals surface area (Å²) >= 11 is 0. The minimum atomic E-state index is -0.425. The van der Waals surface area contributed by atoms with Crippen molar-refractivity contribution in [2.45, 2.75) is 20.4 Å². The Morgan fingerprint density at radius 2 is 1.96 bits per heavy atom. The predicted octanol–water partition coefficient (Wildman–Crippen LogP) is 3.59. The molecular formula is C19H26IN3O5. The van der Waals surface area contributed by atoms with Gasteiger partial charge in [0.1, 0.15) is 17.1 Å². The summed E-state index contributed by atoms with van der Waals surface area (Å²) in [6, 6.07) is 7.18. The molecule has 0 atom stereocenters. The van der Waals surface area contributed by atoms with Crippen LogP contribution in [0.2, 0.25) is 0 Å². The number of methoxy groups -OCH3 is 2. The van der Waals surface area contributed by atoms with Gasteiger partial charge in [-0.15, -0.1) is 24.0 Å². The first-order valence-electron chi connectivity index (χ1n) is 8.48. The van der Waals surface area contributed by atoms with Crippen molar-refractivity contribution in [3.05, 3.63) is 41.3 Å². The molecule has 0 aliphatic heterocycles.